The van der Waals surface area contributed by atoms with Crippen LogP contribution in [0.3, 0.4) is 0 Å². The first kappa shape index (κ1) is 20.8. The first-order chi connectivity index (χ1) is 14.5. The minimum absolute atomic E-state index is 0.302. The number of rotatable bonds is 7. The molecule has 3 aromatic rings. The Bertz CT molecular complexity index is 1050. The zero-order valence-corrected chi connectivity index (χ0v) is 17.7. The van der Waals surface area contributed by atoms with Crippen LogP contribution in [-0.2, 0) is 6.42 Å². The van der Waals surface area contributed by atoms with E-state index in [1.807, 2.05) is 18.3 Å². The molecule has 1 saturated heterocycles. The second-order valence-corrected chi connectivity index (χ2v) is 8.56. The summed E-state index contributed by atoms with van der Waals surface area (Å²) in [7, 11) is 0. The van der Waals surface area contributed by atoms with E-state index in [0.717, 1.165) is 56.3 Å². The fourth-order valence-corrected chi connectivity index (χ4v) is 4.83. The number of benzene rings is 2. The summed E-state index contributed by atoms with van der Waals surface area (Å²) in [6, 6.07) is 10.8. The lowest BCUT2D eigenvalue weighted by atomic mass is 9.90. The highest BCUT2D eigenvalue weighted by Crippen LogP contribution is 2.31. The number of fused-ring (bicyclic) bond motifs is 1. The SMILES string of the molecule is O=C(O)c1ccc(Cl)c2[nH]cc(CCCCN3CCCC(c4cccc(O)c4)C3)c12. The van der Waals surface area contributed by atoms with Crippen LogP contribution in [-0.4, -0.2) is 45.7 Å². The van der Waals surface area contributed by atoms with Gasteiger partial charge in [-0.15, -0.1) is 0 Å². The number of aromatic carboxylic acids is 1. The van der Waals surface area contributed by atoms with Crippen LogP contribution < -0.4 is 0 Å². The highest BCUT2D eigenvalue weighted by atomic mass is 35.5. The third-order valence-electron chi connectivity index (χ3n) is 6.11. The molecule has 3 N–H and O–H groups in total. The highest BCUT2D eigenvalue weighted by Gasteiger charge is 2.21. The van der Waals surface area contributed by atoms with Gasteiger partial charge in [-0.3, -0.25) is 0 Å². The van der Waals surface area contributed by atoms with Crippen LogP contribution in [0.25, 0.3) is 10.9 Å². The van der Waals surface area contributed by atoms with E-state index < -0.39 is 5.97 Å². The molecule has 1 unspecified atom stereocenters. The van der Waals surface area contributed by atoms with Gasteiger partial charge < -0.3 is 20.1 Å². The molecular formula is C24H27ClN2O3. The lowest BCUT2D eigenvalue weighted by Crippen LogP contribution is -2.35. The Hall–Kier alpha value is -2.50. The predicted molar refractivity (Wildman–Crippen MR) is 120 cm³/mol. The number of phenols is 1. The van der Waals surface area contributed by atoms with Crippen LogP contribution in [0.15, 0.2) is 42.6 Å². The third kappa shape index (κ3) is 4.47. The van der Waals surface area contributed by atoms with Crippen LogP contribution in [0.5, 0.6) is 5.75 Å². The minimum atomic E-state index is -0.927. The number of hydrogen-bond donors (Lipinski definition) is 3. The van der Waals surface area contributed by atoms with E-state index in [1.165, 1.54) is 12.0 Å². The number of H-pyrrole nitrogens is 1. The molecule has 2 aromatic carbocycles. The van der Waals surface area contributed by atoms with Gasteiger partial charge in [0.05, 0.1) is 16.1 Å². The monoisotopic (exact) mass is 426 g/mol. The molecule has 1 atom stereocenters. The third-order valence-corrected chi connectivity index (χ3v) is 6.43. The Morgan fingerprint density at radius 1 is 1.23 bits per heavy atom. The van der Waals surface area contributed by atoms with Crippen molar-refractivity contribution in [1.29, 1.82) is 0 Å². The van der Waals surface area contributed by atoms with Crippen LogP contribution in [0, 0.1) is 0 Å². The lowest BCUT2D eigenvalue weighted by molar-refractivity contribution is 0.0699. The molecule has 1 aromatic heterocycles. The first-order valence-corrected chi connectivity index (χ1v) is 10.9. The zero-order chi connectivity index (χ0) is 21.1. The largest absolute Gasteiger partial charge is 0.508 e. The van der Waals surface area contributed by atoms with Crippen molar-refractivity contribution in [2.75, 3.05) is 19.6 Å². The Balaban J connectivity index is 1.34. The van der Waals surface area contributed by atoms with E-state index in [1.54, 1.807) is 18.2 Å². The molecule has 158 valence electrons. The summed E-state index contributed by atoms with van der Waals surface area (Å²) >= 11 is 6.24. The molecule has 0 bridgehead atoms. The number of aromatic nitrogens is 1. The van der Waals surface area contributed by atoms with Crippen molar-refractivity contribution in [2.24, 2.45) is 0 Å². The maximum Gasteiger partial charge on any atom is 0.336 e. The summed E-state index contributed by atoms with van der Waals surface area (Å²) in [5, 5.41) is 20.6. The van der Waals surface area contributed by atoms with Gasteiger partial charge in [-0.1, -0.05) is 23.7 Å². The molecule has 1 aliphatic heterocycles. The molecule has 1 fully saturated rings. The second-order valence-electron chi connectivity index (χ2n) is 8.16. The Morgan fingerprint density at radius 3 is 2.90 bits per heavy atom. The van der Waals surface area contributed by atoms with E-state index >= 15 is 0 Å². The van der Waals surface area contributed by atoms with Crippen molar-refractivity contribution < 1.29 is 15.0 Å². The van der Waals surface area contributed by atoms with Gasteiger partial charge >= 0.3 is 5.97 Å². The number of hydrogen-bond acceptors (Lipinski definition) is 3. The van der Waals surface area contributed by atoms with Crippen LogP contribution in [0.2, 0.25) is 5.02 Å². The zero-order valence-electron chi connectivity index (χ0n) is 16.9. The van der Waals surface area contributed by atoms with Gasteiger partial charge in [0.25, 0.3) is 0 Å². The highest BCUT2D eigenvalue weighted by molar-refractivity contribution is 6.35. The molecule has 0 aliphatic carbocycles. The number of aryl methyl sites for hydroxylation is 1. The van der Waals surface area contributed by atoms with E-state index in [-0.39, 0.29) is 0 Å². The van der Waals surface area contributed by atoms with Crippen LogP contribution >= 0.6 is 11.6 Å². The number of phenolic OH excluding ortho intramolecular Hbond substituents is 1. The number of halogens is 1. The molecule has 5 nitrogen and oxygen atoms in total. The summed E-state index contributed by atoms with van der Waals surface area (Å²) in [6.45, 7) is 3.17. The van der Waals surface area contributed by atoms with E-state index in [9.17, 15) is 15.0 Å². The van der Waals surface area contributed by atoms with Gasteiger partial charge in [0.1, 0.15) is 5.75 Å². The van der Waals surface area contributed by atoms with Crippen molar-refractivity contribution in [1.82, 2.24) is 9.88 Å². The number of nitrogens with zero attached hydrogens (tertiary/aromatic N) is 1. The Kier molecular flexibility index (Phi) is 6.30. The molecule has 0 saturated carbocycles. The molecule has 30 heavy (non-hydrogen) atoms. The average molecular weight is 427 g/mol. The average Bonchev–Trinajstić information content (AvgIpc) is 3.16. The summed E-state index contributed by atoms with van der Waals surface area (Å²) < 4.78 is 0. The molecule has 6 heteroatoms. The van der Waals surface area contributed by atoms with Gasteiger partial charge in [-0.2, -0.15) is 0 Å². The van der Waals surface area contributed by atoms with Crippen molar-refractivity contribution in [3.8, 4) is 5.75 Å². The quantitative estimate of drug-likeness (QED) is 0.440. The number of carboxylic acid groups (broad SMARTS) is 1. The molecular weight excluding hydrogens is 400 g/mol. The molecule has 0 radical (unpaired) electrons. The Labute approximate surface area is 181 Å². The summed E-state index contributed by atoms with van der Waals surface area (Å²) in [4.78, 5) is 17.3. The normalized spacial score (nSPS) is 17.4. The summed E-state index contributed by atoms with van der Waals surface area (Å²) in [5.41, 5.74) is 3.24. The van der Waals surface area contributed by atoms with E-state index in [0.29, 0.717) is 27.8 Å². The van der Waals surface area contributed by atoms with Crippen molar-refractivity contribution >= 4 is 28.5 Å². The number of aromatic hydroxyl groups is 1. The molecule has 2 heterocycles. The van der Waals surface area contributed by atoms with Gasteiger partial charge in [0, 0.05) is 18.1 Å². The second kappa shape index (κ2) is 9.11. The first-order valence-electron chi connectivity index (χ1n) is 10.6. The fraction of sp³-hybridized carbons (Fsp3) is 0.375. The van der Waals surface area contributed by atoms with E-state index in [2.05, 4.69) is 16.0 Å². The van der Waals surface area contributed by atoms with Gasteiger partial charge in [0.15, 0.2) is 0 Å². The maximum atomic E-state index is 11.6. The lowest BCUT2D eigenvalue weighted by Gasteiger charge is -2.33. The fourth-order valence-electron chi connectivity index (χ4n) is 4.62. The van der Waals surface area contributed by atoms with Crippen LogP contribution in [0.4, 0.5) is 0 Å². The molecule has 0 spiro atoms. The molecule has 0 amide bonds. The van der Waals surface area contributed by atoms with Crippen molar-refractivity contribution in [3.63, 3.8) is 0 Å². The number of unbranched alkanes of at least 4 members (excludes halogenated alkanes) is 1. The molecule has 4 rings (SSSR count). The van der Waals surface area contributed by atoms with Gasteiger partial charge in [0.2, 0.25) is 0 Å². The maximum absolute atomic E-state index is 11.6. The number of aromatic amines is 1. The van der Waals surface area contributed by atoms with Crippen molar-refractivity contribution in [2.45, 2.75) is 38.0 Å². The number of carbonyl (C=O) groups is 1. The number of carboxylic acids is 1. The van der Waals surface area contributed by atoms with Crippen molar-refractivity contribution in [3.05, 3.63) is 64.3 Å². The molecule has 1 aliphatic rings. The van der Waals surface area contributed by atoms with E-state index in [4.69, 9.17) is 11.6 Å². The number of piperidine rings is 1. The van der Waals surface area contributed by atoms with Crippen LogP contribution in [0.1, 0.15) is 53.1 Å². The number of likely N-dealkylation sites (tertiary alicyclic amines) is 1. The smallest absolute Gasteiger partial charge is 0.336 e. The predicted octanol–water partition coefficient (Wildman–Crippen LogP) is 5.43. The standard InChI is InChI=1S/C24H27ClN2O3/c25-21-10-9-20(24(29)30)22-17(14-26-23(21)22)5-1-2-11-27-12-4-7-18(15-27)16-6-3-8-19(28)13-16/h3,6,8-10,13-14,18,26,28H,1-2,4-5,7,11-12,15H2,(H,29,30). The summed E-state index contributed by atoms with van der Waals surface area (Å²) in [5.74, 6) is -0.118. The Morgan fingerprint density at radius 2 is 2.10 bits per heavy atom. The van der Waals surface area contributed by atoms with Gasteiger partial charge in [-0.05, 0) is 86.5 Å². The minimum Gasteiger partial charge on any atom is -0.508 e. The summed E-state index contributed by atoms with van der Waals surface area (Å²) in [6.07, 6.45) is 7.09. The topological polar surface area (TPSA) is 76.6 Å². The number of nitrogens with one attached hydrogen (secondary N) is 1. The van der Waals surface area contributed by atoms with Gasteiger partial charge in [-0.25, -0.2) is 4.79 Å².